The summed E-state index contributed by atoms with van der Waals surface area (Å²) in [6.07, 6.45) is 1.87. The number of para-hydroxylation sites is 1. The Morgan fingerprint density at radius 3 is 2.38 bits per heavy atom. The van der Waals surface area contributed by atoms with Crippen molar-refractivity contribution in [3.63, 3.8) is 0 Å². The van der Waals surface area contributed by atoms with Crippen LogP contribution in [0, 0.1) is 0 Å². The Morgan fingerprint density at radius 2 is 1.43 bits per heavy atom. The molecule has 5 rings (SSSR count). The third kappa shape index (κ3) is 1.34. The molecular formula is C19H12N2. The number of hydrogen-bond acceptors (Lipinski definition) is 1. The van der Waals surface area contributed by atoms with Crippen LogP contribution in [0.1, 0.15) is 0 Å². The Kier molecular flexibility index (Phi) is 1.98. The number of fused-ring (bicyclic) bond motifs is 8. The second-order valence-electron chi connectivity index (χ2n) is 5.34. The molecule has 2 nitrogen and oxygen atoms in total. The molecule has 98 valence electrons. The van der Waals surface area contributed by atoms with E-state index in [-0.39, 0.29) is 0 Å². The zero-order valence-electron chi connectivity index (χ0n) is 11.3. The second-order valence-corrected chi connectivity index (χ2v) is 5.34. The van der Waals surface area contributed by atoms with E-state index in [1.807, 2.05) is 12.3 Å². The maximum Gasteiger partial charge on any atom is 0.0949 e. The van der Waals surface area contributed by atoms with E-state index in [4.69, 9.17) is 0 Å². The van der Waals surface area contributed by atoms with Gasteiger partial charge >= 0.3 is 0 Å². The van der Waals surface area contributed by atoms with E-state index in [1.54, 1.807) is 0 Å². The molecule has 0 fully saturated rings. The number of hydrogen-bond donors (Lipinski definition) is 0. The molecule has 0 atom stereocenters. The molecule has 3 aromatic heterocycles. The Hall–Kier alpha value is -2.87. The van der Waals surface area contributed by atoms with E-state index in [0.29, 0.717) is 0 Å². The average molecular weight is 268 g/mol. The largest absolute Gasteiger partial charge is 0.307 e. The van der Waals surface area contributed by atoms with Crippen LogP contribution in [-0.2, 0) is 0 Å². The first-order chi connectivity index (χ1) is 10.4. The average Bonchev–Trinajstić information content (AvgIpc) is 2.95. The standard InChI is InChI=1S/C19H12N2/c1-4-9-16-13(6-1)12-18-14-7-2-3-8-15(14)19-17(21(16)18)10-5-11-20-19/h1-12H. The minimum Gasteiger partial charge on any atom is -0.307 e. The first kappa shape index (κ1) is 10.9. The van der Waals surface area contributed by atoms with E-state index in [2.05, 4.69) is 70.0 Å². The van der Waals surface area contributed by atoms with Crippen molar-refractivity contribution in [3.8, 4) is 0 Å². The summed E-state index contributed by atoms with van der Waals surface area (Å²) in [5, 5.41) is 3.72. The van der Waals surface area contributed by atoms with Crippen LogP contribution in [0.2, 0.25) is 0 Å². The summed E-state index contributed by atoms with van der Waals surface area (Å²) in [4.78, 5) is 4.63. The smallest absolute Gasteiger partial charge is 0.0949 e. The Bertz CT molecular complexity index is 1140. The van der Waals surface area contributed by atoms with Gasteiger partial charge in [-0.2, -0.15) is 0 Å². The van der Waals surface area contributed by atoms with Crippen molar-refractivity contribution in [1.82, 2.24) is 9.38 Å². The maximum atomic E-state index is 4.63. The van der Waals surface area contributed by atoms with E-state index in [9.17, 15) is 0 Å². The van der Waals surface area contributed by atoms with Crippen molar-refractivity contribution in [2.75, 3.05) is 0 Å². The summed E-state index contributed by atoms with van der Waals surface area (Å²) in [6.45, 7) is 0. The second kappa shape index (κ2) is 3.83. The van der Waals surface area contributed by atoms with Crippen molar-refractivity contribution >= 4 is 38.2 Å². The van der Waals surface area contributed by atoms with Crippen LogP contribution < -0.4 is 0 Å². The van der Waals surface area contributed by atoms with Crippen molar-refractivity contribution in [1.29, 1.82) is 0 Å². The SMILES string of the molecule is c1ccc2c(c1)cc1c3ccccc3c3ncccc3n21. The molecule has 0 aliphatic heterocycles. The highest BCUT2D eigenvalue weighted by molar-refractivity contribution is 6.14. The summed E-state index contributed by atoms with van der Waals surface area (Å²) in [5.41, 5.74) is 4.69. The van der Waals surface area contributed by atoms with Crippen LogP contribution >= 0.6 is 0 Å². The first-order valence-electron chi connectivity index (χ1n) is 7.09. The maximum absolute atomic E-state index is 4.63. The predicted octanol–water partition coefficient (Wildman–Crippen LogP) is 4.79. The van der Waals surface area contributed by atoms with Crippen molar-refractivity contribution in [2.45, 2.75) is 0 Å². The van der Waals surface area contributed by atoms with Gasteiger partial charge in [0, 0.05) is 22.4 Å². The first-order valence-corrected chi connectivity index (χ1v) is 7.09. The van der Waals surface area contributed by atoms with E-state index >= 15 is 0 Å². The molecule has 0 saturated heterocycles. The molecule has 5 aromatic rings. The van der Waals surface area contributed by atoms with Gasteiger partial charge in [0.25, 0.3) is 0 Å². The van der Waals surface area contributed by atoms with Crippen LogP contribution in [0.4, 0.5) is 0 Å². The minimum absolute atomic E-state index is 1.06. The molecule has 2 heteroatoms. The van der Waals surface area contributed by atoms with E-state index in [0.717, 1.165) is 11.0 Å². The fraction of sp³-hybridized carbons (Fsp3) is 0. The molecule has 0 aliphatic rings. The van der Waals surface area contributed by atoms with Gasteiger partial charge in [-0.05, 0) is 24.3 Å². The third-order valence-corrected chi connectivity index (χ3v) is 4.20. The lowest BCUT2D eigenvalue weighted by Crippen LogP contribution is -1.91. The van der Waals surface area contributed by atoms with Crippen LogP contribution in [0.15, 0.2) is 72.9 Å². The fourth-order valence-electron chi connectivity index (χ4n) is 3.31. The van der Waals surface area contributed by atoms with Gasteiger partial charge in [-0.15, -0.1) is 0 Å². The highest BCUT2D eigenvalue weighted by Gasteiger charge is 2.11. The van der Waals surface area contributed by atoms with Gasteiger partial charge in [-0.3, -0.25) is 4.98 Å². The minimum atomic E-state index is 1.06. The zero-order chi connectivity index (χ0) is 13.8. The van der Waals surface area contributed by atoms with Gasteiger partial charge in [0.1, 0.15) is 0 Å². The lowest BCUT2D eigenvalue weighted by molar-refractivity contribution is 1.31. The lowest BCUT2D eigenvalue weighted by Gasteiger charge is -2.08. The molecule has 0 spiro atoms. The number of pyridine rings is 2. The quantitative estimate of drug-likeness (QED) is 0.369. The summed E-state index contributed by atoms with van der Waals surface area (Å²) >= 11 is 0. The number of benzene rings is 2. The van der Waals surface area contributed by atoms with Crippen LogP contribution in [0.25, 0.3) is 38.2 Å². The number of rotatable bonds is 0. The Labute approximate surface area is 121 Å². The third-order valence-electron chi connectivity index (χ3n) is 4.20. The van der Waals surface area contributed by atoms with Gasteiger partial charge in [-0.1, -0.05) is 42.5 Å². The van der Waals surface area contributed by atoms with Crippen LogP contribution in [0.5, 0.6) is 0 Å². The molecule has 0 N–H and O–H groups in total. The van der Waals surface area contributed by atoms with Gasteiger partial charge in [0.05, 0.1) is 22.1 Å². The molecule has 0 radical (unpaired) electrons. The Morgan fingerprint density at radius 1 is 0.667 bits per heavy atom. The van der Waals surface area contributed by atoms with E-state index in [1.165, 1.54) is 27.2 Å². The Balaban J connectivity index is 2.25. The molecular weight excluding hydrogens is 256 g/mol. The summed E-state index contributed by atoms with van der Waals surface area (Å²) in [7, 11) is 0. The molecule has 21 heavy (non-hydrogen) atoms. The van der Waals surface area contributed by atoms with Gasteiger partial charge in [-0.25, -0.2) is 0 Å². The molecule has 3 heterocycles. The zero-order valence-corrected chi connectivity index (χ0v) is 11.3. The normalized spacial score (nSPS) is 11.8. The summed E-state index contributed by atoms with van der Waals surface area (Å²) < 4.78 is 2.32. The molecule has 0 aliphatic carbocycles. The van der Waals surface area contributed by atoms with Crippen molar-refractivity contribution in [3.05, 3.63) is 72.9 Å². The molecule has 0 amide bonds. The van der Waals surface area contributed by atoms with Crippen molar-refractivity contribution < 1.29 is 0 Å². The summed E-state index contributed by atoms with van der Waals surface area (Å²) in [5.74, 6) is 0. The van der Waals surface area contributed by atoms with Crippen LogP contribution in [0.3, 0.4) is 0 Å². The molecule has 0 bridgehead atoms. The van der Waals surface area contributed by atoms with Gasteiger partial charge in [0.15, 0.2) is 0 Å². The highest BCUT2D eigenvalue weighted by atomic mass is 14.9. The van der Waals surface area contributed by atoms with Gasteiger partial charge in [0.2, 0.25) is 0 Å². The lowest BCUT2D eigenvalue weighted by atomic mass is 10.1. The monoisotopic (exact) mass is 268 g/mol. The van der Waals surface area contributed by atoms with Gasteiger partial charge < -0.3 is 4.40 Å². The fourth-order valence-corrected chi connectivity index (χ4v) is 3.31. The highest BCUT2D eigenvalue weighted by Crippen LogP contribution is 2.32. The number of aromatic nitrogens is 2. The molecule has 0 saturated carbocycles. The number of nitrogens with zero attached hydrogens (tertiary/aromatic N) is 2. The molecule has 0 unspecified atom stereocenters. The van der Waals surface area contributed by atoms with Crippen LogP contribution in [-0.4, -0.2) is 9.38 Å². The topological polar surface area (TPSA) is 17.3 Å². The molecule has 2 aromatic carbocycles. The van der Waals surface area contributed by atoms with E-state index < -0.39 is 0 Å². The summed E-state index contributed by atoms with van der Waals surface area (Å²) in [6, 6.07) is 23.4. The van der Waals surface area contributed by atoms with Crippen molar-refractivity contribution in [2.24, 2.45) is 0 Å². The predicted molar refractivity (Wildman–Crippen MR) is 87.7 cm³/mol.